The number of piperidine rings is 1. The number of fused-ring (bicyclic) bond motifs is 1. The number of morpholine rings is 1. The van der Waals surface area contributed by atoms with Crippen LogP contribution in [0.1, 0.15) is 50.8 Å². The first-order chi connectivity index (χ1) is 27.6. The monoisotopic (exact) mass is 773 g/mol. The Bertz CT molecular complexity index is 2130. The van der Waals surface area contributed by atoms with Gasteiger partial charge in [-0.15, -0.1) is 0 Å². The largest absolute Gasteiger partial charge is 0.444 e. The summed E-state index contributed by atoms with van der Waals surface area (Å²) in [6, 6.07) is 25.5. The van der Waals surface area contributed by atoms with Gasteiger partial charge in [0.2, 0.25) is 5.58 Å². The third kappa shape index (κ3) is 9.29. The maximum Gasteiger partial charge on any atom is 0.410 e. The number of rotatable bonds is 8. The molecule has 3 fully saturated rings. The number of piperazine rings is 1. The van der Waals surface area contributed by atoms with E-state index in [1.807, 2.05) is 69.3 Å². The van der Waals surface area contributed by atoms with Crippen LogP contribution in [0.2, 0.25) is 0 Å². The minimum absolute atomic E-state index is 0.237. The molecule has 0 unspecified atom stereocenters. The molecule has 5 heterocycles. The Labute approximate surface area is 333 Å². The van der Waals surface area contributed by atoms with Crippen molar-refractivity contribution in [2.24, 2.45) is 0 Å². The van der Waals surface area contributed by atoms with Gasteiger partial charge in [0.1, 0.15) is 16.8 Å². The van der Waals surface area contributed by atoms with Gasteiger partial charge in [-0.3, -0.25) is 4.90 Å². The van der Waals surface area contributed by atoms with E-state index >= 15 is 0 Å². The first-order valence-electron chi connectivity index (χ1n) is 19.9. The van der Waals surface area contributed by atoms with Crippen LogP contribution in [-0.4, -0.2) is 108 Å². The summed E-state index contributed by atoms with van der Waals surface area (Å²) < 4.78 is 17.2. The molecule has 5 aromatic rings. The third-order valence-corrected chi connectivity index (χ3v) is 10.7. The molecule has 0 saturated carbocycles. The highest BCUT2D eigenvalue weighted by Crippen LogP contribution is 2.37. The van der Waals surface area contributed by atoms with Gasteiger partial charge in [0.25, 0.3) is 0 Å². The van der Waals surface area contributed by atoms with Crippen molar-refractivity contribution in [1.82, 2.24) is 24.9 Å². The highest BCUT2D eigenvalue weighted by molar-refractivity contribution is 6.00. The lowest BCUT2D eigenvalue weighted by Crippen LogP contribution is -2.50. The summed E-state index contributed by atoms with van der Waals surface area (Å²) in [7, 11) is 0. The van der Waals surface area contributed by atoms with Crippen LogP contribution in [0.3, 0.4) is 0 Å². The molecule has 0 atom stereocenters. The van der Waals surface area contributed by atoms with Crippen molar-refractivity contribution < 1.29 is 23.6 Å². The number of urea groups is 1. The van der Waals surface area contributed by atoms with E-state index in [0.717, 1.165) is 60.8 Å². The second-order valence-electron chi connectivity index (χ2n) is 15.9. The van der Waals surface area contributed by atoms with Gasteiger partial charge >= 0.3 is 12.1 Å². The van der Waals surface area contributed by atoms with E-state index < -0.39 is 5.60 Å². The van der Waals surface area contributed by atoms with Gasteiger partial charge < -0.3 is 39.3 Å². The van der Waals surface area contributed by atoms with Gasteiger partial charge in [-0.05, 0) is 101 Å². The van der Waals surface area contributed by atoms with Gasteiger partial charge in [-0.1, -0.05) is 35.5 Å². The summed E-state index contributed by atoms with van der Waals surface area (Å²) in [5.41, 5.74) is 6.24. The molecular weight excluding hydrogens is 723 g/mol. The highest BCUT2D eigenvalue weighted by Gasteiger charge is 2.30. The molecule has 0 bridgehead atoms. The molecule has 0 aliphatic carbocycles. The molecular formula is C43H51N9O5. The molecule has 0 radical (unpaired) electrons. The van der Waals surface area contributed by atoms with Crippen molar-refractivity contribution in [3.8, 4) is 11.4 Å². The normalized spacial score (nSPS) is 17.1. The van der Waals surface area contributed by atoms with Crippen molar-refractivity contribution in [2.45, 2.75) is 51.7 Å². The number of anilines is 4. The van der Waals surface area contributed by atoms with Crippen molar-refractivity contribution in [1.29, 1.82) is 0 Å². The summed E-state index contributed by atoms with van der Waals surface area (Å²) in [6.45, 7) is 13.7. The number of benzene rings is 3. The zero-order valence-electron chi connectivity index (χ0n) is 32.9. The molecule has 3 aliphatic rings. The van der Waals surface area contributed by atoms with Crippen LogP contribution in [0.15, 0.2) is 83.4 Å². The second kappa shape index (κ2) is 16.8. The Morgan fingerprint density at radius 1 is 0.772 bits per heavy atom. The van der Waals surface area contributed by atoms with E-state index in [4.69, 9.17) is 24.0 Å². The number of nitrogens with zero attached hydrogens (tertiary/aromatic N) is 7. The summed E-state index contributed by atoms with van der Waals surface area (Å²) in [6.07, 6.45) is 1.67. The highest BCUT2D eigenvalue weighted by atomic mass is 16.6. The van der Waals surface area contributed by atoms with E-state index in [1.165, 1.54) is 5.56 Å². The number of hydrogen-bond acceptors (Lipinski definition) is 11. The minimum Gasteiger partial charge on any atom is -0.444 e. The molecule has 2 aromatic heterocycles. The first-order valence-corrected chi connectivity index (χ1v) is 19.9. The Hall–Kier alpha value is -5.73. The lowest BCUT2D eigenvalue weighted by Gasteiger charge is -2.36. The molecule has 8 rings (SSSR count). The smallest absolute Gasteiger partial charge is 0.410 e. The van der Waals surface area contributed by atoms with Gasteiger partial charge in [0, 0.05) is 74.4 Å². The quantitative estimate of drug-likeness (QED) is 0.165. The minimum atomic E-state index is -0.517. The van der Waals surface area contributed by atoms with Gasteiger partial charge in [-0.25, -0.2) is 19.6 Å². The SMILES string of the molecule is CC(C)(C)OC(=O)N1CCN(c2ccc(NC(=O)Nc3ccc(-c4nc(N5CCOCC5)c5onc(C6CCN(Cc7ccccc7)CC6)c5n4)cc3)cc2)CC1. The van der Waals surface area contributed by atoms with E-state index in [-0.39, 0.29) is 18.0 Å². The average molecular weight is 774 g/mol. The lowest BCUT2D eigenvalue weighted by molar-refractivity contribution is 0.0240. The standard InChI is InChI=1S/C43H51N9O5/c1-43(2,3)56-42(54)52-23-21-50(22-24-52)35-15-13-34(14-16-35)45-41(53)44-33-11-9-32(10-12-33)39-46-37-36(48-57-38(37)40(47-39)51-25-27-55-28-26-51)31-17-19-49(20-18-31)29-30-7-5-4-6-8-30/h4-16,31H,17-29H2,1-3H3,(H2,44,45,53). The Kier molecular flexibility index (Phi) is 11.2. The van der Waals surface area contributed by atoms with Crippen molar-refractivity contribution >= 4 is 46.1 Å². The number of aromatic nitrogens is 3. The first kappa shape index (κ1) is 38.2. The molecule has 0 spiro atoms. The zero-order valence-corrected chi connectivity index (χ0v) is 32.9. The molecule has 3 amide bonds. The van der Waals surface area contributed by atoms with E-state index in [9.17, 15) is 9.59 Å². The maximum atomic E-state index is 13.0. The molecule has 3 aliphatic heterocycles. The maximum absolute atomic E-state index is 13.0. The van der Waals surface area contributed by atoms with E-state index in [2.05, 4.69) is 60.8 Å². The Morgan fingerprint density at radius 3 is 2.07 bits per heavy atom. The van der Waals surface area contributed by atoms with Crippen LogP contribution in [0.4, 0.5) is 32.5 Å². The topological polar surface area (TPSA) is 141 Å². The second-order valence-corrected chi connectivity index (χ2v) is 15.9. The van der Waals surface area contributed by atoms with E-state index in [1.54, 1.807) is 4.90 Å². The zero-order chi connectivity index (χ0) is 39.4. The average Bonchev–Trinajstić information content (AvgIpc) is 3.66. The van der Waals surface area contributed by atoms with Gasteiger partial charge in [0.05, 0.1) is 13.2 Å². The van der Waals surface area contributed by atoms with Crippen molar-refractivity contribution in [2.75, 3.05) is 86.0 Å². The third-order valence-electron chi connectivity index (χ3n) is 10.7. The summed E-state index contributed by atoms with van der Waals surface area (Å²) in [5.74, 6) is 1.55. The van der Waals surface area contributed by atoms with E-state index in [0.29, 0.717) is 75.3 Å². The fourth-order valence-electron chi connectivity index (χ4n) is 7.65. The molecule has 298 valence electrons. The number of amides is 3. The number of carbonyl (C=O) groups is 2. The predicted molar refractivity (Wildman–Crippen MR) is 221 cm³/mol. The molecule has 14 nitrogen and oxygen atoms in total. The lowest BCUT2D eigenvalue weighted by atomic mass is 9.92. The molecule has 3 saturated heterocycles. The number of hydrogen-bond donors (Lipinski definition) is 2. The predicted octanol–water partition coefficient (Wildman–Crippen LogP) is 7.20. The van der Waals surface area contributed by atoms with Gasteiger partial charge in [0.15, 0.2) is 11.6 Å². The Balaban J connectivity index is 0.909. The number of ether oxygens (including phenoxy) is 2. The number of nitrogens with one attached hydrogen (secondary N) is 2. The van der Waals surface area contributed by atoms with Crippen LogP contribution in [-0.2, 0) is 16.0 Å². The fraction of sp³-hybridized carbons (Fsp3) is 0.419. The van der Waals surface area contributed by atoms with Crippen LogP contribution in [0.5, 0.6) is 0 Å². The molecule has 3 aromatic carbocycles. The van der Waals surface area contributed by atoms with Crippen LogP contribution in [0, 0.1) is 0 Å². The van der Waals surface area contributed by atoms with Crippen molar-refractivity contribution in [3.05, 3.63) is 90.1 Å². The molecule has 57 heavy (non-hydrogen) atoms. The van der Waals surface area contributed by atoms with Crippen LogP contribution in [0.25, 0.3) is 22.5 Å². The molecule has 2 N–H and O–H groups in total. The summed E-state index contributed by atoms with van der Waals surface area (Å²) in [5, 5.41) is 10.5. The van der Waals surface area contributed by atoms with Crippen molar-refractivity contribution in [3.63, 3.8) is 0 Å². The fourth-order valence-corrected chi connectivity index (χ4v) is 7.65. The molecule has 14 heteroatoms. The van der Waals surface area contributed by atoms with Crippen LogP contribution < -0.4 is 20.4 Å². The summed E-state index contributed by atoms with van der Waals surface area (Å²) >= 11 is 0. The summed E-state index contributed by atoms with van der Waals surface area (Å²) in [4.78, 5) is 44.2. The Morgan fingerprint density at radius 2 is 1.42 bits per heavy atom. The number of likely N-dealkylation sites (tertiary alicyclic amines) is 1. The van der Waals surface area contributed by atoms with Gasteiger partial charge in [-0.2, -0.15) is 0 Å². The van der Waals surface area contributed by atoms with Crippen LogP contribution >= 0.6 is 0 Å². The number of carbonyl (C=O) groups excluding carboxylic acids is 2.